The smallest absolute Gasteiger partial charge is 0.410 e. The van der Waals surface area contributed by atoms with Crippen molar-refractivity contribution in [3.63, 3.8) is 0 Å². The molecule has 0 fully saturated rings. The SMILES string of the molecule is CCN(CCN)C(=O)OC(C)(C)C.Cl. The molecule has 0 saturated carbocycles. The maximum Gasteiger partial charge on any atom is 0.410 e. The first-order chi connectivity index (χ1) is 5.90. The van der Waals surface area contributed by atoms with Gasteiger partial charge in [0.2, 0.25) is 0 Å². The minimum atomic E-state index is -0.431. The summed E-state index contributed by atoms with van der Waals surface area (Å²) in [6, 6.07) is 0. The van der Waals surface area contributed by atoms with Gasteiger partial charge in [0, 0.05) is 19.6 Å². The second-order valence-electron chi connectivity index (χ2n) is 3.85. The first kappa shape index (κ1) is 16.0. The minimum absolute atomic E-state index is 0. The molecule has 0 aliphatic carbocycles. The van der Waals surface area contributed by atoms with E-state index in [9.17, 15) is 4.79 Å². The van der Waals surface area contributed by atoms with Crippen LogP contribution in [0.1, 0.15) is 27.7 Å². The lowest BCUT2D eigenvalue weighted by atomic mass is 10.2. The summed E-state index contributed by atoms with van der Waals surface area (Å²) >= 11 is 0. The molecule has 14 heavy (non-hydrogen) atoms. The topological polar surface area (TPSA) is 55.6 Å². The van der Waals surface area contributed by atoms with Crippen LogP contribution in [0.5, 0.6) is 0 Å². The molecule has 0 unspecified atom stereocenters. The van der Waals surface area contributed by atoms with Gasteiger partial charge in [-0.15, -0.1) is 12.4 Å². The van der Waals surface area contributed by atoms with Crippen molar-refractivity contribution in [3.8, 4) is 0 Å². The number of nitrogens with two attached hydrogens (primary N) is 1. The van der Waals surface area contributed by atoms with Gasteiger partial charge in [-0.1, -0.05) is 0 Å². The molecule has 0 aromatic rings. The second kappa shape index (κ2) is 6.90. The van der Waals surface area contributed by atoms with Crippen LogP contribution in [0.3, 0.4) is 0 Å². The van der Waals surface area contributed by atoms with Crippen LogP contribution in [0.2, 0.25) is 0 Å². The predicted molar refractivity (Wildman–Crippen MR) is 59.8 cm³/mol. The molecule has 0 aromatic heterocycles. The van der Waals surface area contributed by atoms with E-state index in [1.165, 1.54) is 0 Å². The fraction of sp³-hybridized carbons (Fsp3) is 0.889. The number of amides is 1. The Labute approximate surface area is 92.2 Å². The van der Waals surface area contributed by atoms with Crippen molar-refractivity contribution in [3.05, 3.63) is 0 Å². The molecule has 0 atom stereocenters. The van der Waals surface area contributed by atoms with Gasteiger partial charge >= 0.3 is 6.09 Å². The van der Waals surface area contributed by atoms with Gasteiger partial charge in [-0.05, 0) is 27.7 Å². The van der Waals surface area contributed by atoms with E-state index in [1.54, 1.807) is 4.90 Å². The van der Waals surface area contributed by atoms with Crippen molar-refractivity contribution in [2.75, 3.05) is 19.6 Å². The average molecular weight is 225 g/mol. The van der Waals surface area contributed by atoms with Gasteiger partial charge in [-0.25, -0.2) is 4.79 Å². The van der Waals surface area contributed by atoms with Crippen LogP contribution >= 0.6 is 12.4 Å². The van der Waals surface area contributed by atoms with E-state index in [0.717, 1.165) is 0 Å². The average Bonchev–Trinajstić information content (AvgIpc) is 1.96. The summed E-state index contributed by atoms with van der Waals surface area (Å²) in [7, 11) is 0. The molecule has 4 nitrogen and oxygen atoms in total. The summed E-state index contributed by atoms with van der Waals surface area (Å²) in [5, 5.41) is 0. The highest BCUT2D eigenvalue weighted by Crippen LogP contribution is 2.09. The van der Waals surface area contributed by atoms with Gasteiger partial charge in [0.15, 0.2) is 0 Å². The number of likely N-dealkylation sites (N-methyl/N-ethyl adjacent to an activating group) is 1. The van der Waals surface area contributed by atoms with Crippen LogP contribution in [0, 0.1) is 0 Å². The summed E-state index contributed by atoms with van der Waals surface area (Å²) in [5.41, 5.74) is 4.93. The van der Waals surface area contributed by atoms with Crippen molar-refractivity contribution in [1.82, 2.24) is 4.90 Å². The van der Waals surface area contributed by atoms with Gasteiger partial charge in [0.25, 0.3) is 0 Å². The Bertz CT molecular complexity index is 169. The quantitative estimate of drug-likeness (QED) is 0.793. The Hall–Kier alpha value is -0.480. The minimum Gasteiger partial charge on any atom is -0.444 e. The summed E-state index contributed by atoms with van der Waals surface area (Å²) in [4.78, 5) is 13.0. The summed E-state index contributed by atoms with van der Waals surface area (Å²) in [5.74, 6) is 0. The number of carbonyl (C=O) groups excluding carboxylic acids is 1. The first-order valence-electron chi connectivity index (χ1n) is 4.58. The number of rotatable bonds is 3. The van der Waals surface area contributed by atoms with E-state index in [-0.39, 0.29) is 18.5 Å². The van der Waals surface area contributed by atoms with Crippen molar-refractivity contribution in [2.24, 2.45) is 5.73 Å². The van der Waals surface area contributed by atoms with Crippen LogP contribution in [-0.4, -0.2) is 36.2 Å². The lowest BCUT2D eigenvalue weighted by Crippen LogP contribution is -2.39. The molecule has 0 aromatic carbocycles. The van der Waals surface area contributed by atoms with E-state index >= 15 is 0 Å². The lowest BCUT2D eigenvalue weighted by molar-refractivity contribution is 0.0266. The first-order valence-corrected chi connectivity index (χ1v) is 4.58. The standard InChI is InChI=1S/C9H20N2O2.ClH/c1-5-11(7-6-10)8(12)13-9(2,3)4;/h5-7,10H2,1-4H3;1H. The van der Waals surface area contributed by atoms with Crippen molar-refractivity contribution in [2.45, 2.75) is 33.3 Å². The fourth-order valence-electron chi connectivity index (χ4n) is 0.861. The number of hydrogen-bond acceptors (Lipinski definition) is 3. The normalized spacial score (nSPS) is 10.4. The molecule has 0 heterocycles. The van der Waals surface area contributed by atoms with Crippen molar-refractivity contribution < 1.29 is 9.53 Å². The Morgan fingerprint density at radius 3 is 2.21 bits per heavy atom. The molecule has 0 radical (unpaired) electrons. The van der Waals surface area contributed by atoms with Gasteiger partial charge < -0.3 is 15.4 Å². The number of carbonyl (C=O) groups is 1. The van der Waals surface area contributed by atoms with E-state index < -0.39 is 5.60 Å². The molecule has 0 saturated heterocycles. The zero-order chi connectivity index (χ0) is 10.5. The van der Waals surface area contributed by atoms with Crippen LogP contribution in [-0.2, 0) is 4.74 Å². The molecule has 0 rings (SSSR count). The van der Waals surface area contributed by atoms with Crippen molar-refractivity contribution >= 4 is 18.5 Å². The maximum absolute atomic E-state index is 11.4. The van der Waals surface area contributed by atoms with Crippen LogP contribution in [0.4, 0.5) is 4.79 Å². The molecular weight excluding hydrogens is 204 g/mol. The summed E-state index contributed by atoms with van der Waals surface area (Å²) < 4.78 is 5.17. The number of ether oxygens (including phenoxy) is 1. The highest BCUT2D eigenvalue weighted by atomic mass is 35.5. The molecule has 0 spiro atoms. The fourth-order valence-corrected chi connectivity index (χ4v) is 0.861. The third-order valence-electron chi connectivity index (χ3n) is 1.43. The Morgan fingerprint density at radius 1 is 1.43 bits per heavy atom. The Kier molecular flexibility index (Phi) is 7.87. The second-order valence-corrected chi connectivity index (χ2v) is 3.85. The maximum atomic E-state index is 11.4. The summed E-state index contributed by atoms with van der Waals surface area (Å²) in [6.07, 6.45) is -0.291. The van der Waals surface area contributed by atoms with Crippen LogP contribution in [0.15, 0.2) is 0 Å². The number of nitrogens with zero attached hydrogens (tertiary/aromatic N) is 1. The van der Waals surface area contributed by atoms with Crippen LogP contribution in [0.25, 0.3) is 0 Å². The monoisotopic (exact) mass is 224 g/mol. The van der Waals surface area contributed by atoms with Gasteiger partial charge in [-0.2, -0.15) is 0 Å². The zero-order valence-corrected chi connectivity index (χ0v) is 10.2. The molecule has 5 heteroatoms. The molecule has 0 aliphatic rings. The van der Waals surface area contributed by atoms with Gasteiger partial charge in [-0.3, -0.25) is 0 Å². The predicted octanol–water partition coefficient (Wildman–Crippen LogP) is 1.62. The zero-order valence-electron chi connectivity index (χ0n) is 9.37. The number of halogens is 1. The van der Waals surface area contributed by atoms with E-state index in [1.807, 2.05) is 27.7 Å². The van der Waals surface area contributed by atoms with Gasteiger partial charge in [0.1, 0.15) is 5.60 Å². The number of hydrogen-bond donors (Lipinski definition) is 1. The molecule has 0 aliphatic heterocycles. The molecule has 2 N–H and O–H groups in total. The van der Waals surface area contributed by atoms with Crippen LogP contribution < -0.4 is 5.73 Å². The van der Waals surface area contributed by atoms with E-state index in [0.29, 0.717) is 19.6 Å². The van der Waals surface area contributed by atoms with E-state index in [2.05, 4.69) is 0 Å². The highest BCUT2D eigenvalue weighted by molar-refractivity contribution is 5.85. The third kappa shape index (κ3) is 6.97. The van der Waals surface area contributed by atoms with Crippen molar-refractivity contribution in [1.29, 1.82) is 0 Å². The molecular formula is C9H21ClN2O2. The lowest BCUT2D eigenvalue weighted by Gasteiger charge is -2.26. The Morgan fingerprint density at radius 2 is 1.93 bits per heavy atom. The molecule has 1 amide bonds. The molecule has 86 valence electrons. The third-order valence-corrected chi connectivity index (χ3v) is 1.43. The highest BCUT2D eigenvalue weighted by Gasteiger charge is 2.20. The summed E-state index contributed by atoms with van der Waals surface area (Å²) in [6.45, 7) is 9.09. The Balaban J connectivity index is 0. The van der Waals surface area contributed by atoms with E-state index in [4.69, 9.17) is 10.5 Å². The largest absolute Gasteiger partial charge is 0.444 e. The van der Waals surface area contributed by atoms with Gasteiger partial charge in [0.05, 0.1) is 0 Å². The molecule has 0 bridgehead atoms.